The summed E-state index contributed by atoms with van der Waals surface area (Å²) in [7, 11) is 1.91. The molecule has 0 saturated carbocycles. The zero-order chi connectivity index (χ0) is 12.5. The summed E-state index contributed by atoms with van der Waals surface area (Å²) in [5.74, 6) is 0.861. The third-order valence-corrected chi connectivity index (χ3v) is 4.06. The van der Waals surface area contributed by atoms with Crippen molar-refractivity contribution in [3.05, 3.63) is 35.4 Å². The van der Waals surface area contributed by atoms with Gasteiger partial charge in [0.2, 0.25) is 0 Å². The Bertz CT molecular complexity index is 690. The number of hydrogen-bond donors (Lipinski definition) is 1. The molecule has 2 heterocycles. The minimum Gasteiger partial charge on any atom is -0.354 e. The molecule has 2 aromatic heterocycles. The van der Waals surface area contributed by atoms with Crippen LogP contribution in [0.3, 0.4) is 0 Å². The second kappa shape index (κ2) is 4.55. The molecule has 5 nitrogen and oxygen atoms in total. The zero-order valence-corrected chi connectivity index (χ0v) is 11.2. The van der Waals surface area contributed by atoms with Crippen LogP contribution in [0.2, 0.25) is 5.02 Å². The number of aromatic nitrogens is 4. The number of nitrogens with one attached hydrogen (secondary N) is 1. The summed E-state index contributed by atoms with van der Waals surface area (Å²) < 4.78 is 2.87. The molecule has 1 N–H and O–H groups in total. The smallest absolute Gasteiger partial charge is 0.184 e. The summed E-state index contributed by atoms with van der Waals surface area (Å²) in [6.07, 6.45) is 1.67. The number of benzene rings is 1. The Morgan fingerprint density at radius 1 is 1.44 bits per heavy atom. The molecule has 0 saturated heterocycles. The standard InChI is InChI=1S/C11H10ClN5S/c1-17-6-14-16-9(17)5-13-11-15-8-4-2-3-7(12)10(8)18-11/h2-4,6H,5H2,1H3,(H,13,15). The van der Waals surface area contributed by atoms with Crippen LogP contribution in [0.5, 0.6) is 0 Å². The van der Waals surface area contributed by atoms with Crippen molar-refractivity contribution in [3.8, 4) is 0 Å². The molecule has 1 aromatic carbocycles. The quantitative estimate of drug-likeness (QED) is 0.801. The van der Waals surface area contributed by atoms with Gasteiger partial charge in [-0.2, -0.15) is 0 Å². The van der Waals surface area contributed by atoms with Gasteiger partial charge in [0, 0.05) is 7.05 Å². The lowest BCUT2D eigenvalue weighted by atomic mass is 10.3. The van der Waals surface area contributed by atoms with E-state index < -0.39 is 0 Å². The molecule has 0 fully saturated rings. The van der Waals surface area contributed by atoms with Crippen molar-refractivity contribution in [1.82, 2.24) is 19.7 Å². The van der Waals surface area contributed by atoms with Gasteiger partial charge in [0.25, 0.3) is 0 Å². The Kier molecular flexibility index (Phi) is 2.89. The van der Waals surface area contributed by atoms with Crippen molar-refractivity contribution in [1.29, 1.82) is 0 Å². The fourth-order valence-electron chi connectivity index (χ4n) is 1.61. The van der Waals surface area contributed by atoms with Gasteiger partial charge in [-0.25, -0.2) is 4.98 Å². The molecule has 3 rings (SSSR count). The highest BCUT2D eigenvalue weighted by molar-refractivity contribution is 7.22. The van der Waals surface area contributed by atoms with Crippen molar-refractivity contribution in [2.45, 2.75) is 6.54 Å². The molecule has 18 heavy (non-hydrogen) atoms. The first-order valence-electron chi connectivity index (χ1n) is 5.36. The minimum absolute atomic E-state index is 0.591. The summed E-state index contributed by atoms with van der Waals surface area (Å²) in [5, 5.41) is 12.6. The van der Waals surface area contributed by atoms with E-state index in [-0.39, 0.29) is 0 Å². The highest BCUT2D eigenvalue weighted by Gasteiger charge is 2.07. The normalized spacial score (nSPS) is 11.0. The number of hydrogen-bond acceptors (Lipinski definition) is 5. The maximum Gasteiger partial charge on any atom is 0.184 e. The monoisotopic (exact) mass is 279 g/mol. The van der Waals surface area contributed by atoms with Gasteiger partial charge in [-0.05, 0) is 12.1 Å². The van der Waals surface area contributed by atoms with E-state index in [0.29, 0.717) is 6.54 Å². The molecule has 0 radical (unpaired) electrons. The van der Waals surface area contributed by atoms with Gasteiger partial charge in [-0.1, -0.05) is 29.0 Å². The van der Waals surface area contributed by atoms with Gasteiger partial charge in [-0.3, -0.25) is 0 Å². The summed E-state index contributed by atoms with van der Waals surface area (Å²) in [4.78, 5) is 4.47. The largest absolute Gasteiger partial charge is 0.354 e. The molecule has 7 heteroatoms. The zero-order valence-electron chi connectivity index (χ0n) is 9.59. The predicted molar refractivity (Wildman–Crippen MR) is 73.0 cm³/mol. The molecule has 3 aromatic rings. The third kappa shape index (κ3) is 2.04. The van der Waals surface area contributed by atoms with Gasteiger partial charge in [0.1, 0.15) is 6.33 Å². The van der Waals surface area contributed by atoms with Crippen molar-refractivity contribution in [2.24, 2.45) is 7.05 Å². The second-order valence-electron chi connectivity index (χ2n) is 3.82. The van der Waals surface area contributed by atoms with Crippen LogP contribution in [0.25, 0.3) is 10.2 Å². The van der Waals surface area contributed by atoms with Crippen molar-refractivity contribution in [2.75, 3.05) is 5.32 Å². The molecule has 0 bridgehead atoms. The third-order valence-electron chi connectivity index (χ3n) is 2.57. The average molecular weight is 280 g/mol. The van der Waals surface area contributed by atoms with Gasteiger partial charge in [-0.15, -0.1) is 10.2 Å². The predicted octanol–water partition coefficient (Wildman–Crippen LogP) is 2.69. The highest BCUT2D eigenvalue weighted by Crippen LogP contribution is 2.31. The Morgan fingerprint density at radius 2 is 2.33 bits per heavy atom. The van der Waals surface area contributed by atoms with E-state index in [4.69, 9.17) is 11.6 Å². The summed E-state index contributed by atoms with van der Waals surface area (Å²) in [6, 6.07) is 5.72. The highest BCUT2D eigenvalue weighted by atomic mass is 35.5. The van der Waals surface area contributed by atoms with E-state index in [1.165, 1.54) is 11.3 Å². The minimum atomic E-state index is 0.591. The van der Waals surface area contributed by atoms with E-state index in [1.807, 2.05) is 29.8 Å². The SMILES string of the molecule is Cn1cnnc1CNc1nc2cccc(Cl)c2s1. The Labute approximate surface area is 112 Å². The Balaban J connectivity index is 1.83. The van der Waals surface area contributed by atoms with Crippen LogP contribution < -0.4 is 5.32 Å². The number of aryl methyl sites for hydroxylation is 1. The molecule has 0 spiro atoms. The molecule has 0 atom stereocenters. The lowest BCUT2D eigenvalue weighted by Crippen LogP contribution is -2.05. The molecule has 0 aliphatic heterocycles. The van der Waals surface area contributed by atoms with E-state index >= 15 is 0 Å². The van der Waals surface area contributed by atoms with Crippen molar-refractivity contribution >= 4 is 38.3 Å². The molecular formula is C11H10ClN5S. The molecule has 92 valence electrons. The van der Waals surface area contributed by atoms with Crippen LogP contribution >= 0.6 is 22.9 Å². The van der Waals surface area contributed by atoms with Crippen LogP contribution in [0.15, 0.2) is 24.5 Å². The first-order chi connectivity index (χ1) is 8.74. The first kappa shape index (κ1) is 11.4. The molecule has 0 unspecified atom stereocenters. The summed E-state index contributed by atoms with van der Waals surface area (Å²) in [5.41, 5.74) is 0.910. The fourth-order valence-corrected chi connectivity index (χ4v) is 2.76. The number of anilines is 1. The van der Waals surface area contributed by atoms with E-state index in [1.54, 1.807) is 6.33 Å². The lowest BCUT2D eigenvalue weighted by molar-refractivity contribution is 0.812. The van der Waals surface area contributed by atoms with Gasteiger partial charge in [0.15, 0.2) is 11.0 Å². The van der Waals surface area contributed by atoms with Crippen LogP contribution in [0, 0.1) is 0 Å². The van der Waals surface area contributed by atoms with E-state index in [9.17, 15) is 0 Å². The van der Waals surface area contributed by atoms with Gasteiger partial charge in [0.05, 0.1) is 21.8 Å². The summed E-state index contributed by atoms with van der Waals surface area (Å²) in [6.45, 7) is 0.591. The van der Waals surface area contributed by atoms with Crippen molar-refractivity contribution < 1.29 is 0 Å². The Hall–Kier alpha value is -1.66. The first-order valence-corrected chi connectivity index (χ1v) is 6.55. The van der Waals surface area contributed by atoms with Crippen molar-refractivity contribution in [3.63, 3.8) is 0 Å². The molecular weight excluding hydrogens is 270 g/mol. The Morgan fingerprint density at radius 3 is 3.06 bits per heavy atom. The summed E-state index contributed by atoms with van der Waals surface area (Å²) >= 11 is 7.65. The average Bonchev–Trinajstić information content (AvgIpc) is 2.93. The number of fused-ring (bicyclic) bond motifs is 1. The lowest BCUT2D eigenvalue weighted by Gasteiger charge is -2.00. The topological polar surface area (TPSA) is 55.6 Å². The van der Waals surface area contributed by atoms with E-state index in [0.717, 1.165) is 26.2 Å². The van der Waals surface area contributed by atoms with Crippen LogP contribution in [0.1, 0.15) is 5.82 Å². The number of nitrogens with zero attached hydrogens (tertiary/aromatic N) is 4. The van der Waals surface area contributed by atoms with Crippen LogP contribution in [-0.2, 0) is 13.6 Å². The number of rotatable bonds is 3. The van der Waals surface area contributed by atoms with Gasteiger partial charge >= 0.3 is 0 Å². The maximum absolute atomic E-state index is 6.11. The molecule has 0 aliphatic rings. The number of halogens is 1. The van der Waals surface area contributed by atoms with Crippen LogP contribution in [0.4, 0.5) is 5.13 Å². The van der Waals surface area contributed by atoms with Crippen LogP contribution in [-0.4, -0.2) is 19.7 Å². The molecule has 0 amide bonds. The maximum atomic E-state index is 6.11. The van der Waals surface area contributed by atoms with E-state index in [2.05, 4.69) is 20.5 Å². The van der Waals surface area contributed by atoms with Gasteiger partial charge < -0.3 is 9.88 Å². The number of thiazole rings is 1. The molecule has 0 aliphatic carbocycles. The second-order valence-corrected chi connectivity index (χ2v) is 5.23. The fraction of sp³-hybridized carbons (Fsp3) is 0.182.